The molecule has 1 aromatic carbocycles. The van der Waals surface area contributed by atoms with Crippen LogP contribution in [0.3, 0.4) is 0 Å². The third-order valence-electron chi connectivity index (χ3n) is 4.29. The lowest BCUT2D eigenvalue weighted by molar-refractivity contribution is 0.114. The van der Waals surface area contributed by atoms with Crippen molar-refractivity contribution in [3.63, 3.8) is 0 Å². The molecule has 0 aliphatic heterocycles. The first-order chi connectivity index (χ1) is 10.2. The molecule has 4 rings (SSSR count). The normalized spacial score (nSPS) is 19.6. The van der Waals surface area contributed by atoms with E-state index >= 15 is 0 Å². The fourth-order valence-corrected chi connectivity index (χ4v) is 4.46. The molecule has 21 heavy (non-hydrogen) atoms. The molecule has 2 nitrogen and oxygen atoms in total. The van der Waals surface area contributed by atoms with Gasteiger partial charge in [0.25, 0.3) is 0 Å². The molecule has 2 atom stereocenters. The zero-order valence-corrected chi connectivity index (χ0v) is 13.0. The van der Waals surface area contributed by atoms with Crippen molar-refractivity contribution in [2.75, 3.05) is 0 Å². The minimum absolute atomic E-state index is 0.124. The standard InChI is InChI=1S/C17H15ClO2S/c18-13-5-1-3-10-9-14(20-17(10)13)16(19)12-4-2-6-15-11(12)7-8-21-15/h1,3,5,7-9,12,16,19H,2,4,6H2. The summed E-state index contributed by atoms with van der Waals surface area (Å²) in [5, 5.41) is 14.4. The van der Waals surface area contributed by atoms with E-state index in [1.165, 1.54) is 10.4 Å². The fourth-order valence-electron chi connectivity index (χ4n) is 3.24. The number of aliphatic hydroxyl groups excluding tert-OH is 1. The van der Waals surface area contributed by atoms with Gasteiger partial charge in [0.1, 0.15) is 11.9 Å². The second kappa shape index (κ2) is 5.16. The maximum absolute atomic E-state index is 10.8. The average Bonchev–Trinajstić information content (AvgIpc) is 3.13. The number of furan rings is 1. The van der Waals surface area contributed by atoms with Crippen molar-refractivity contribution in [1.29, 1.82) is 0 Å². The van der Waals surface area contributed by atoms with Gasteiger partial charge in [0.05, 0.1) is 5.02 Å². The molecule has 2 heterocycles. The van der Waals surface area contributed by atoms with Crippen LogP contribution in [0.4, 0.5) is 0 Å². The van der Waals surface area contributed by atoms with Crippen LogP contribution in [0.25, 0.3) is 11.0 Å². The number of rotatable bonds is 2. The van der Waals surface area contributed by atoms with E-state index in [-0.39, 0.29) is 5.92 Å². The van der Waals surface area contributed by atoms with Crippen LogP contribution < -0.4 is 0 Å². The predicted molar refractivity (Wildman–Crippen MR) is 86.2 cm³/mol. The molecule has 1 aliphatic carbocycles. The summed E-state index contributed by atoms with van der Waals surface area (Å²) in [5.74, 6) is 0.737. The highest BCUT2D eigenvalue weighted by Crippen LogP contribution is 2.43. The Bertz CT molecular complexity index is 789. The Labute approximate surface area is 132 Å². The maximum atomic E-state index is 10.8. The van der Waals surface area contributed by atoms with E-state index in [9.17, 15) is 5.11 Å². The Morgan fingerprint density at radius 1 is 1.33 bits per heavy atom. The zero-order valence-electron chi connectivity index (χ0n) is 11.4. The van der Waals surface area contributed by atoms with Crippen molar-refractivity contribution < 1.29 is 9.52 Å². The maximum Gasteiger partial charge on any atom is 0.152 e. The van der Waals surface area contributed by atoms with E-state index in [4.69, 9.17) is 16.0 Å². The molecule has 2 unspecified atom stereocenters. The summed E-state index contributed by atoms with van der Waals surface area (Å²) in [7, 11) is 0. The van der Waals surface area contributed by atoms with E-state index in [1.54, 1.807) is 17.4 Å². The molecule has 0 amide bonds. The average molecular weight is 319 g/mol. The van der Waals surface area contributed by atoms with E-state index in [0.717, 1.165) is 24.6 Å². The smallest absolute Gasteiger partial charge is 0.152 e. The molecule has 1 aliphatic rings. The number of aryl methyl sites for hydroxylation is 1. The molecular formula is C17H15ClO2S. The molecular weight excluding hydrogens is 304 g/mol. The van der Waals surface area contributed by atoms with Gasteiger partial charge in [0.2, 0.25) is 0 Å². The second-order valence-corrected chi connectivity index (χ2v) is 6.96. The van der Waals surface area contributed by atoms with Gasteiger partial charge in [-0.3, -0.25) is 0 Å². The van der Waals surface area contributed by atoms with Gasteiger partial charge in [0, 0.05) is 16.2 Å². The van der Waals surface area contributed by atoms with Crippen LogP contribution in [-0.2, 0) is 6.42 Å². The number of hydrogen-bond donors (Lipinski definition) is 1. The van der Waals surface area contributed by atoms with Gasteiger partial charge in [-0.05, 0) is 48.4 Å². The Hall–Kier alpha value is -1.29. The highest BCUT2D eigenvalue weighted by atomic mass is 35.5. The molecule has 1 N–H and O–H groups in total. The second-order valence-electron chi connectivity index (χ2n) is 5.55. The van der Waals surface area contributed by atoms with Gasteiger partial charge < -0.3 is 9.52 Å². The molecule has 0 radical (unpaired) electrons. The summed E-state index contributed by atoms with van der Waals surface area (Å²) in [4.78, 5) is 1.40. The Balaban J connectivity index is 1.74. The molecule has 0 spiro atoms. The van der Waals surface area contributed by atoms with E-state index in [0.29, 0.717) is 16.4 Å². The summed E-state index contributed by atoms with van der Waals surface area (Å²) in [6, 6.07) is 9.71. The lowest BCUT2D eigenvalue weighted by atomic mass is 9.83. The summed E-state index contributed by atoms with van der Waals surface area (Å²) in [6.45, 7) is 0. The molecule has 0 saturated carbocycles. The van der Waals surface area contributed by atoms with Crippen molar-refractivity contribution in [1.82, 2.24) is 0 Å². The van der Waals surface area contributed by atoms with Crippen LogP contribution in [0.2, 0.25) is 5.02 Å². The van der Waals surface area contributed by atoms with Crippen LogP contribution in [0, 0.1) is 0 Å². The van der Waals surface area contributed by atoms with Crippen molar-refractivity contribution in [3.05, 3.63) is 56.9 Å². The lowest BCUT2D eigenvalue weighted by Crippen LogP contribution is -2.15. The highest BCUT2D eigenvalue weighted by Gasteiger charge is 2.30. The largest absolute Gasteiger partial charge is 0.457 e. The number of para-hydroxylation sites is 1. The topological polar surface area (TPSA) is 33.4 Å². The van der Waals surface area contributed by atoms with E-state index in [2.05, 4.69) is 11.4 Å². The van der Waals surface area contributed by atoms with Crippen molar-refractivity contribution in [2.45, 2.75) is 31.3 Å². The SMILES string of the molecule is OC(c1cc2cccc(Cl)c2o1)C1CCCc2sccc21. The predicted octanol–water partition coefficient (Wildman–Crippen LogP) is 5.30. The van der Waals surface area contributed by atoms with Gasteiger partial charge >= 0.3 is 0 Å². The monoisotopic (exact) mass is 318 g/mol. The first-order valence-corrected chi connectivity index (χ1v) is 8.42. The minimum atomic E-state index is -0.609. The lowest BCUT2D eigenvalue weighted by Gasteiger charge is -2.26. The number of aliphatic hydroxyl groups is 1. The molecule has 108 valence electrons. The zero-order chi connectivity index (χ0) is 14.4. The first-order valence-electron chi connectivity index (χ1n) is 7.16. The molecule has 0 bridgehead atoms. The summed E-state index contributed by atoms with van der Waals surface area (Å²) in [6.07, 6.45) is 2.63. The molecule has 0 saturated heterocycles. The summed E-state index contributed by atoms with van der Waals surface area (Å²) < 4.78 is 5.83. The van der Waals surface area contributed by atoms with Gasteiger partial charge in [-0.15, -0.1) is 11.3 Å². The Kier molecular flexibility index (Phi) is 3.29. The van der Waals surface area contributed by atoms with Crippen molar-refractivity contribution >= 4 is 33.9 Å². The summed E-state index contributed by atoms with van der Waals surface area (Å²) >= 11 is 7.94. The number of fused-ring (bicyclic) bond motifs is 2. The van der Waals surface area contributed by atoms with Crippen LogP contribution in [0.1, 0.15) is 41.1 Å². The summed E-state index contributed by atoms with van der Waals surface area (Å²) in [5.41, 5.74) is 1.94. The highest BCUT2D eigenvalue weighted by molar-refractivity contribution is 7.10. The van der Waals surface area contributed by atoms with Crippen LogP contribution in [-0.4, -0.2) is 5.11 Å². The Morgan fingerprint density at radius 3 is 3.10 bits per heavy atom. The Morgan fingerprint density at radius 2 is 2.24 bits per heavy atom. The molecule has 2 aromatic heterocycles. The third-order valence-corrected chi connectivity index (χ3v) is 5.58. The number of thiophene rings is 1. The third kappa shape index (κ3) is 2.20. The number of hydrogen-bond acceptors (Lipinski definition) is 3. The molecule has 0 fully saturated rings. The van der Waals surface area contributed by atoms with Crippen LogP contribution >= 0.6 is 22.9 Å². The van der Waals surface area contributed by atoms with E-state index in [1.807, 2.05) is 18.2 Å². The van der Waals surface area contributed by atoms with E-state index < -0.39 is 6.10 Å². The number of halogens is 1. The van der Waals surface area contributed by atoms with Gasteiger partial charge in [0.15, 0.2) is 5.58 Å². The fraction of sp³-hybridized carbons (Fsp3) is 0.294. The van der Waals surface area contributed by atoms with Crippen molar-refractivity contribution in [3.8, 4) is 0 Å². The first kappa shape index (κ1) is 13.4. The quantitative estimate of drug-likeness (QED) is 0.695. The van der Waals surface area contributed by atoms with Gasteiger partial charge in [-0.2, -0.15) is 0 Å². The minimum Gasteiger partial charge on any atom is -0.457 e. The van der Waals surface area contributed by atoms with Gasteiger partial charge in [-0.1, -0.05) is 23.7 Å². The van der Waals surface area contributed by atoms with Crippen LogP contribution in [0.5, 0.6) is 0 Å². The van der Waals surface area contributed by atoms with Crippen LogP contribution in [0.15, 0.2) is 40.1 Å². The molecule has 3 aromatic rings. The number of benzene rings is 1. The molecule has 4 heteroatoms. The van der Waals surface area contributed by atoms with Crippen molar-refractivity contribution in [2.24, 2.45) is 0 Å². The van der Waals surface area contributed by atoms with Gasteiger partial charge in [-0.25, -0.2) is 0 Å².